The molecule has 28 heavy (non-hydrogen) atoms. The number of fused-ring (bicyclic) bond motifs is 4. The van der Waals surface area contributed by atoms with E-state index >= 15 is 0 Å². The lowest BCUT2D eigenvalue weighted by Gasteiger charge is -2.42. The third-order valence-electron chi connectivity index (χ3n) is 6.12. The second kappa shape index (κ2) is 7.42. The van der Waals surface area contributed by atoms with Crippen molar-refractivity contribution in [2.75, 3.05) is 39.4 Å². The van der Waals surface area contributed by atoms with Crippen LogP contribution >= 0.6 is 11.5 Å². The molecule has 5 heterocycles. The number of ether oxygens (including phenoxy) is 1. The van der Waals surface area contributed by atoms with Gasteiger partial charge in [-0.1, -0.05) is 6.07 Å². The van der Waals surface area contributed by atoms with Crippen molar-refractivity contribution < 1.29 is 9.53 Å². The Bertz CT molecular complexity index is 920. The molecule has 5 rings (SSSR count). The predicted molar refractivity (Wildman–Crippen MR) is 106 cm³/mol. The first-order valence-corrected chi connectivity index (χ1v) is 10.7. The molecule has 0 aliphatic carbocycles. The van der Waals surface area contributed by atoms with Crippen LogP contribution in [0.3, 0.4) is 0 Å². The van der Waals surface area contributed by atoms with Crippen LogP contribution in [-0.4, -0.2) is 64.0 Å². The number of hydrogen-bond acceptors (Lipinski definition) is 6. The van der Waals surface area contributed by atoms with E-state index in [-0.39, 0.29) is 17.4 Å². The summed E-state index contributed by atoms with van der Waals surface area (Å²) in [6, 6.07) is 5.89. The van der Waals surface area contributed by atoms with Gasteiger partial charge in [0.05, 0.1) is 13.2 Å². The van der Waals surface area contributed by atoms with Crippen molar-refractivity contribution in [3.63, 3.8) is 0 Å². The highest BCUT2D eigenvalue weighted by Gasteiger charge is 2.37. The monoisotopic (exact) mass is 400 g/mol. The third kappa shape index (κ3) is 3.29. The van der Waals surface area contributed by atoms with Gasteiger partial charge in [0, 0.05) is 62.6 Å². The molecule has 8 heteroatoms. The topological polar surface area (TPSA) is 67.7 Å². The van der Waals surface area contributed by atoms with Gasteiger partial charge in [-0.15, -0.1) is 0 Å². The number of carbonyl (C=O) groups is 1. The van der Waals surface area contributed by atoms with Crippen molar-refractivity contribution in [1.29, 1.82) is 0 Å². The molecule has 2 atom stereocenters. The molecule has 2 aromatic heterocycles. The third-order valence-corrected chi connectivity index (χ3v) is 6.85. The first-order valence-electron chi connectivity index (χ1n) is 9.91. The molecule has 2 aromatic rings. The van der Waals surface area contributed by atoms with E-state index < -0.39 is 0 Å². The van der Waals surface area contributed by atoms with E-state index in [9.17, 15) is 9.59 Å². The van der Waals surface area contributed by atoms with Crippen LogP contribution < -0.4 is 5.56 Å². The summed E-state index contributed by atoms with van der Waals surface area (Å²) in [7, 11) is 0. The molecule has 3 aliphatic rings. The zero-order valence-electron chi connectivity index (χ0n) is 15.7. The van der Waals surface area contributed by atoms with Gasteiger partial charge >= 0.3 is 0 Å². The van der Waals surface area contributed by atoms with Gasteiger partial charge < -0.3 is 14.2 Å². The number of piperidine rings is 1. The van der Waals surface area contributed by atoms with E-state index in [1.165, 1.54) is 11.5 Å². The molecule has 7 nitrogen and oxygen atoms in total. The summed E-state index contributed by atoms with van der Waals surface area (Å²) < 4.78 is 11.4. The van der Waals surface area contributed by atoms with E-state index in [1.54, 1.807) is 12.3 Å². The normalized spacial score (nSPS) is 24.8. The number of morpholine rings is 1. The maximum atomic E-state index is 13.1. The first kappa shape index (κ1) is 18.0. The van der Waals surface area contributed by atoms with E-state index in [1.807, 2.05) is 15.5 Å². The van der Waals surface area contributed by atoms with Crippen molar-refractivity contribution in [2.24, 2.45) is 5.92 Å². The molecule has 0 aromatic carbocycles. The number of aromatic nitrogens is 2. The van der Waals surface area contributed by atoms with Crippen LogP contribution in [0.5, 0.6) is 0 Å². The predicted octanol–water partition coefficient (Wildman–Crippen LogP) is 1.40. The summed E-state index contributed by atoms with van der Waals surface area (Å²) in [4.78, 5) is 30.8. The molecule has 1 amide bonds. The molecule has 0 unspecified atom stereocenters. The minimum atomic E-state index is 0.0666. The molecule has 3 aliphatic heterocycles. The number of carbonyl (C=O) groups excluding carboxylic acids is 1. The van der Waals surface area contributed by atoms with E-state index in [2.05, 4.69) is 15.3 Å². The summed E-state index contributed by atoms with van der Waals surface area (Å²) in [5.74, 6) is 0.630. The van der Waals surface area contributed by atoms with Crippen LogP contribution in [-0.2, 0) is 17.8 Å². The standard InChI is InChI=1S/C20H24N4O3S/c25-19-15(12-22-5-7-27-8-6-22)1-2-17-16-9-14(11-24(17)19)10-23(13-16)20(26)18-3-4-21-28-18/h1-4,14,16H,5-13H2/t14-,16+/m0/s1. The molecule has 0 saturated carbocycles. The quantitative estimate of drug-likeness (QED) is 0.779. The van der Waals surface area contributed by atoms with Gasteiger partial charge in [0.2, 0.25) is 0 Å². The van der Waals surface area contributed by atoms with E-state index in [0.29, 0.717) is 37.0 Å². The van der Waals surface area contributed by atoms with Gasteiger partial charge in [-0.05, 0) is 36.0 Å². The first-order chi connectivity index (χ1) is 13.7. The Kier molecular flexibility index (Phi) is 4.78. The van der Waals surface area contributed by atoms with E-state index in [4.69, 9.17) is 4.74 Å². The molecular formula is C20H24N4O3S. The summed E-state index contributed by atoms with van der Waals surface area (Å²) in [5.41, 5.74) is 2.08. The van der Waals surface area contributed by atoms with Gasteiger partial charge in [-0.25, -0.2) is 4.37 Å². The molecule has 0 spiro atoms. The van der Waals surface area contributed by atoms with Gasteiger partial charge in [0.25, 0.3) is 11.5 Å². The molecule has 0 N–H and O–H groups in total. The number of rotatable bonds is 3. The van der Waals surface area contributed by atoms with Crippen LogP contribution in [0.1, 0.15) is 33.3 Å². The number of hydrogen-bond donors (Lipinski definition) is 0. The highest BCUT2D eigenvalue weighted by molar-refractivity contribution is 7.08. The largest absolute Gasteiger partial charge is 0.379 e. The van der Waals surface area contributed by atoms with Crippen LogP contribution in [0.4, 0.5) is 0 Å². The van der Waals surface area contributed by atoms with Crippen LogP contribution in [0, 0.1) is 5.92 Å². The second-order valence-corrected chi connectivity index (χ2v) is 8.81. The highest BCUT2D eigenvalue weighted by Crippen LogP contribution is 2.35. The Morgan fingerprint density at radius 1 is 1.18 bits per heavy atom. The molecule has 2 fully saturated rings. The summed E-state index contributed by atoms with van der Waals surface area (Å²) in [6.45, 7) is 6.01. The Balaban J connectivity index is 1.38. The van der Waals surface area contributed by atoms with Gasteiger partial charge in [-0.2, -0.15) is 0 Å². The minimum Gasteiger partial charge on any atom is -0.379 e. The molecular weight excluding hydrogens is 376 g/mol. The van der Waals surface area contributed by atoms with Crippen molar-refractivity contribution >= 4 is 17.4 Å². The van der Waals surface area contributed by atoms with E-state index in [0.717, 1.165) is 44.0 Å². The lowest BCUT2D eigenvalue weighted by Crippen LogP contribution is -2.49. The summed E-state index contributed by atoms with van der Waals surface area (Å²) in [5, 5.41) is 0. The zero-order chi connectivity index (χ0) is 19.1. The van der Waals surface area contributed by atoms with Crippen LogP contribution in [0.15, 0.2) is 29.2 Å². The average Bonchev–Trinajstić information content (AvgIpc) is 3.25. The number of nitrogens with zero attached hydrogens (tertiary/aromatic N) is 4. The fraction of sp³-hybridized carbons (Fsp3) is 0.550. The molecule has 0 radical (unpaired) electrons. The second-order valence-electron chi connectivity index (χ2n) is 7.97. The summed E-state index contributed by atoms with van der Waals surface area (Å²) in [6.07, 6.45) is 2.72. The number of pyridine rings is 1. The van der Waals surface area contributed by atoms with Gasteiger partial charge in [0.1, 0.15) is 4.88 Å². The number of amides is 1. The SMILES string of the molecule is O=C(c1ccns1)N1C[C@@H]2C[C@H](C1)c1ccc(CN3CCOCC3)c(=O)n1C2. The van der Waals surface area contributed by atoms with Crippen molar-refractivity contribution in [3.05, 3.63) is 50.9 Å². The fourth-order valence-corrected chi connectivity index (χ4v) is 5.32. The molecule has 2 saturated heterocycles. The lowest BCUT2D eigenvalue weighted by atomic mass is 9.83. The highest BCUT2D eigenvalue weighted by atomic mass is 32.1. The Hall–Kier alpha value is -2.03. The van der Waals surface area contributed by atoms with Crippen LogP contribution in [0.25, 0.3) is 0 Å². The number of likely N-dealkylation sites (tertiary alicyclic amines) is 1. The van der Waals surface area contributed by atoms with Crippen LogP contribution in [0.2, 0.25) is 0 Å². The maximum absolute atomic E-state index is 13.1. The minimum absolute atomic E-state index is 0.0666. The van der Waals surface area contributed by atoms with Gasteiger partial charge in [-0.3, -0.25) is 14.5 Å². The lowest BCUT2D eigenvalue weighted by molar-refractivity contribution is 0.0338. The fourth-order valence-electron chi connectivity index (χ4n) is 4.76. The van der Waals surface area contributed by atoms with Gasteiger partial charge in [0.15, 0.2) is 0 Å². The maximum Gasteiger partial charge on any atom is 0.265 e. The average molecular weight is 401 g/mol. The summed E-state index contributed by atoms with van der Waals surface area (Å²) >= 11 is 1.25. The molecule has 148 valence electrons. The van der Waals surface area contributed by atoms with Crippen molar-refractivity contribution in [3.8, 4) is 0 Å². The van der Waals surface area contributed by atoms with Crippen molar-refractivity contribution in [2.45, 2.75) is 25.4 Å². The molecule has 2 bridgehead atoms. The zero-order valence-corrected chi connectivity index (χ0v) is 16.6. The Morgan fingerprint density at radius 2 is 2.04 bits per heavy atom. The van der Waals surface area contributed by atoms with Crippen molar-refractivity contribution in [1.82, 2.24) is 18.7 Å². The smallest absolute Gasteiger partial charge is 0.265 e. The Labute approximate surface area is 167 Å². The Morgan fingerprint density at radius 3 is 2.82 bits per heavy atom.